The van der Waals surface area contributed by atoms with E-state index in [1.807, 2.05) is 23.1 Å². The average molecular weight is 282 g/mol. The number of nitrogens with zero attached hydrogens (tertiary/aromatic N) is 2. The second-order valence-corrected chi connectivity index (χ2v) is 5.10. The van der Waals surface area contributed by atoms with Crippen LogP contribution in [0.4, 0.5) is 11.5 Å². The summed E-state index contributed by atoms with van der Waals surface area (Å²) in [6.45, 7) is 0.720. The maximum absolute atomic E-state index is 12.8. The number of hydrogen-bond acceptors (Lipinski definition) is 4. The molecule has 3 N–H and O–H groups in total. The highest BCUT2D eigenvalue weighted by Gasteiger charge is 2.23. The molecule has 5 heteroatoms. The zero-order valence-corrected chi connectivity index (χ0v) is 11.7. The summed E-state index contributed by atoms with van der Waals surface area (Å²) in [6.07, 6.45) is 3.10. The number of aromatic nitrogens is 1. The number of carbonyl (C=O) groups is 1. The van der Waals surface area contributed by atoms with Gasteiger partial charge in [0.2, 0.25) is 0 Å². The Morgan fingerprint density at radius 3 is 2.86 bits per heavy atom. The summed E-state index contributed by atoms with van der Waals surface area (Å²) in [4.78, 5) is 18.8. The van der Waals surface area contributed by atoms with Gasteiger partial charge in [0, 0.05) is 12.2 Å². The molecule has 0 bridgehead atoms. The van der Waals surface area contributed by atoms with E-state index in [0.717, 1.165) is 31.5 Å². The number of carbonyl (C=O) groups excluding carboxylic acids is 1. The summed E-state index contributed by atoms with van der Waals surface area (Å²) in [6, 6.07) is 13.3. The highest BCUT2D eigenvalue weighted by molar-refractivity contribution is 6.05. The van der Waals surface area contributed by atoms with Crippen molar-refractivity contribution >= 4 is 17.4 Å². The topological polar surface area (TPSA) is 71.2 Å². The third-order valence-corrected chi connectivity index (χ3v) is 3.72. The van der Waals surface area contributed by atoms with Crippen molar-refractivity contribution in [2.75, 3.05) is 16.9 Å². The third-order valence-electron chi connectivity index (χ3n) is 3.72. The lowest BCUT2D eigenvalue weighted by Crippen LogP contribution is -2.32. The molecule has 1 aliphatic rings. The number of para-hydroxylation sites is 1. The first kappa shape index (κ1) is 13.6. The molecule has 0 saturated heterocycles. The highest BCUT2D eigenvalue weighted by atomic mass is 16.2. The molecule has 1 aliphatic heterocycles. The van der Waals surface area contributed by atoms with Crippen molar-refractivity contribution in [3.05, 3.63) is 53.7 Å². The van der Waals surface area contributed by atoms with Crippen molar-refractivity contribution < 1.29 is 4.79 Å². The van der Waals surface area contributed by atoms with Crippen LogP contribution >= 0.6 is 0 Å². The monoisotopic (exact) mass is 282 g/mol. The second-order valence-electron chi connectivity index (χ2n) is 5.10. The van der Waals surface area contributed by atoms with Crippen LogP contribution < -0.4 is 16.2 Å². The molecule has 0 unspecified atom stereocenters. The van der Waals surface area contributed by atoms with Crippen LogP contribution in [0, 0.1) is 0 Å². The van der Waals surface area contributed by atoms with E-state index in [0.29, 0.717) is 11.5 Å². The largest absolute Gasteiger partial charge is 0.308 e. The number of rotatable bonds is 2. The van der Waals surface area contributed by atoms with E-state index in [-0.39, 0.29) is 5.91 Å². The van der Waals surface area contributed by atoms with Crippen molar-refractivity contribution in [1.29, 1.82) is 0 Å². The Morgan fingerprint density at radius 1 is 1.14 bits per heavy atom. The van der Waals surface area contributed by atoms with Crippen LogP contribution in [0.15, 0.2) is 42.5 Å². The number of aryl methyl sites for hydroxylation is 1. The van der Waals surface area contributed by atoms with Crippen LogP contribution in [0.2, 0.25) is 0 Å². The molecule has 1 aromatic heterocycles. The molecular formula is C16H18N4O. The first-order chi connectivity index (χ1) is 10.3. The fourth-order valence-corrected chi connectivity index (χ4v) is 2.67. The van der Waals surface area contributed by atoms with Crippen LogP contribution in [0.3, 0.4) is 0 Å². The zero-order valence-electron chi connectivity index (χ0n) is 11.7. The predicted molar refractivity (Wildman–Crippen MR) is 83.1 cm³/mol. The second kappa shape index (κ2) is 5.93. The minimum absolute atomic E-state index is 0.0820. The van der Waals surface area contributed by atoms with E-state index in [4.69, 9.17) is 5.84 Å². The lowest BCUT2D eigenvalue weighted by molar-refractivity contribution is 0.0982. The Morgan fingerprint density at radius 2 is 2.00 bits per heavy atom. The van der Waals surface area contributed by atoms with Gasteiger partial charge in [0.15, 0.2) is 0 Å². The zero-order chi connectivity index (χ0) is 14.7. The first-order valence-electron chi connectivity index (χ1n) is 7.13. The van der Waals surface area contributed by atoms with Crippen LogP contribution in [0.1, 0.15) is 28.9 Å². The fourth-order valence-electron chi connectivity index (χ4n) is 2.67. The molecule has 108 valence electrons. The lowest BCUT2D eigenvalue weighted by Gasteiger charge is -2.22. The number of benzene rings is 1. The number of hydrazine groups is 1. The van der Waals surface area contributed by atoms with E-state index in [1.54, 1.807) is 18.2 Å². The molecule has 2 aromatic rings. The van der Waals surface area contributed by atoms with Crippen LogP contribution in [0.5, 0.6) is 0 Å². The van der Waals surface area contributed by atoms with Crippen LogP contribution in [0.25, 0.3) is 0 Å². The number of pyridine rings is 1. The number of anilines is 2. The number of fused-ring (bicyclic) bond motifs is 1. The average Bonchev–Trinajstić information content (AvgIpc) is 2.76. The Bertz CT molecular complexity index is 656. The van der Waals surface area contributed by atoms with Gasteiger partial charge in [-0.05, 0) is 43.0 Å². The third kappa shape index (κ3) is 2.73. The number of amides is 1. The summed E-state index contributed by atoms with van der Waals surface area (Å²) >= 11 is 0. The molecule has 0 aliphatic carbocycles. The molecule has 0 radical (unpaired) electrons. The maximum Gasteiger partial charge on any atom is 0.276 e. The molecule has 21 heavy (non-hydrogen) atoms. The minimum atomic E-state index is -0.0820. The standard InChI is InChI=1S/C16H18N4O/c17-19-15-10-5-8-13(18-15)16(21)20-11-4-3-7-12-6-1-2-9-14(12)20/h1-2,5-6,8-10H,3-4,7,11,17H2,(H,18,19). The Balaban J connectivity index is 1.97. The normalized spacial score (nSPS) is 14.2. The number of nitrogens with two attached hydrogens (primary N) is 1. The van der Waals surface area contributed by atoms with Gasteiger partial charge in [-0.2, -0.15) is 0 Å². The van der Waals surface area contributed by atoms with Crippen LogP contribution in [-0.2, 0) is 6.42 Å². The number of nitrogens with one attached hydrogen (secondary N) is 1. The Labute approximate surface area is 123 Å². The van der Waals surface area contributed by atoms with Gasteiger partial charge in [0.05, 0.1) is 0 Å². The SMILES string of the molecule is NNc1cccc(C(=O)N2CCCCc3ccccc32)n1. The molecule has 1 aromatic carbocycles. The van der Waals surface area contributed by atoms with Gasteiger partial charge in [-0.25, -0.2) is 10.8 Å². The smallest absolute Gasteiger partial charge is 0.276 e. The van der Waals surface area contributed by atoms with E-state index in [1.165, 1.54) is 5.56 Å². The van der Waals surface area contributed by atoms with Gasteiger partial charge in [-0.1, -0.05) is 24.3 Å². The summed E-state index contributed by atoms with van der Waals surface area (Å²) in [7, 11) is 0. The minimum Gasteiger partial charge on any atom is -0.308 e. The Kier molecular flexibility index (Phi) is 3.83. The summed E-state index contributed by atoms with van der Waals surface area (Å²) < 4.78 is 0. The fraction of sp³-hybridized carbons (Fsp3) is 0.250. The quantitative estimate of drug-likeness (QED) is 0.655. The van der Waals surface area contributed by atoms with Gasteiger partial charge in [0.1, 0.15) is 11.5 Å². The summed E-state index contributed by atoms with van der Waals surface area (Å²) in [5.41, 5.74) is 5.09. The van der Waals surface area contributed by atoms with E-state index >= 15 is 0 Å². The molecule has 1 amide bonds. The van der Waals surface area contributed by atoms with Crippen molar-refractivity contribution in [3.8, 4) is 0 Å². The highest BCUT2D eigenvalue weighted by Crippen LogP contribution is 2.27. The molecule has 0 spiro atoms. The van der Waals surface area contributed by atoms with E-state index < -0.39 is 0 Å². The molecule has 5 nitrogen and oxygen atoms in total. The Hall–Kier alpha value is -2.40. The van der Waals surface area contributed by atoms with Crippen molar-refractivity contribution in [1.82, 2.24) is 4.98 Å². The van der Waals surface area contributed by atoms with Gasteiger partial charge in [-0.3, -0.25) is 4.79 Å². The predicted octanol–water partition coefficient (Wildman–Crippen LogP) is 2.35. The first-order valence-corrected chi connectivity index (χ1v) is 7.13. The molecule has 0 fully saturated rings. The van der Waals surface area contributed by atoms with Gasteiger partial charge in [-0.15, -0.1) is 0 Å². The van der Waals surface area contributed by atoms with E-state index in [2.05, 4.69) is 16.5 Å². The number of hydrogen-bond donors (Lipinski definition) is 2. The number of nitrogen functional groups attached to an aromatic ring is 1. The lowest BCUT2D eigenvalue weighted by atomic mass is 10.1. The maximum atomic E-state index is 12.8. The van der Waals surface area contributed by atoms with Crippen molar-refractivity contribution in [2.24, 2.45) is 5.84 Å². The summed E-state index contributed by atoms with van der Waals surface area (Å²) in [5, 5.41) is 0. The van der Waals surface area contributed by atoms with Gasteiger partial charge in [0.25, 0.3) is 5.91 Å². The molecule has 0 saturated carbocycles. The van der Waals surface area contributed by atoms with Gasteiger partial charge < -0.3 is 10.3 Å². The molecule has 2 heterocycles. The van der Waals surface area contributed by atoms with Crippen LogP contribution in [-0.4, -0.2) is 17.4 Å². The van der Waals surface area contributed by atoms with Gasteiger partial charge >= 0.3 is 0 Å². The van der Waals surface area contributed by atoms with Crippen molar-refractivity contribution in [2.45, 2.75) is 19.3 Å². The van der Waals surface area contributed by atoms with Crippen molar-refractivity contribution in [3.63, 3.8) is 0 Å². The van der Waals surface area contributed by atoms with E-state index in [9.17, 15) is 4.79 Å². The summed E-state index contributed by atoms with van der Waals surface area (Å²) in [5.74, 6) is 5.77. The molecule has 0 atom stereocenters. The molecular weight excluding hydrogens is 264 g/mol. The molecule has 3 rings (SSSR count).